The zero-order chi connectivity index (χ0) is 18.8. The van der Waals surface area contributed by atoms with Crippen LogP contribution in [0.25, 0.3) is 0 Å². The van der Waals surface area contributed by atoms with Gasteiger partial charge in [0.15, 0.2) is 0 Å². The highest BCUT2D eigenvalue weighted by atomic mass is 35.5. The largest absolute Gasteiger partial charge is 0.495 e. The van der Waals surface area contributed by atoms with Crippen molar-refractivity contribution in [2.45, 2.75) is 37.8 Å². The van der Waals surface area contributed by atoms with E-state index < -0.39 is 20.0 Å². The fourth-order valence-corrected chi connectivity index (χ4v) is 5.16. The van der Waals surface area contributed by atoms with E-state index in [1.165, 1.54) is 36.5 Å². The number of piperazine rings is 1. The van der Waals surface area contributed by atoms with Crippen molar-refractivity contribution in [1.29, 1.82) is 0 Å². The molecule has 1 aromatic rings. The lowest BCUT2D eigenvalue weighted by Gasteiger charge is -2.37. The van der Waals surface area contributed by atoms with E-state index >= 15 is 0 Å². The molecule has 1 fully saturated rings. The summed E-state index contributed by atoms with van der Waals surface area (Å²) in [7, 11) is -5.86. The zero-order valence-electron chi connectivity index (χ0n) is 15.2. The minimum Gasteiger partial charge on any atom is -0.495 e. The molecule has 2 rings (SSSR count). The fraction of sp³-hybridized carbons (Fsp3) is 0.600. The van der Waals surface area contributed by atoms with Crippen molar-refractivity contribution in [1.82, 2.24) is 9.62 Å². The monoisotopic (exact) mass is 427 g/mol. The lowest BCUT2D eigenvalue weighted by Crippen LogP contribution is -2.57. The van der Waals surface area contributed by atoms with Gasteiger partial charge in [-0.2, -0.15) is 4.31 Å². The molecule has 150 valence electrons. The molecule has 1 aromatic carbocycles. The van der Waals surface area contributed by atoms with Gasteiger partial charge in [0.1, 0.15) is 10.6 Å². The van der Waals surface area contributed by atoms with E-state index in [1.54, 1.807) is 0 Å². The molecule has 0 bridgehead atoms. The fourth-order valence-electron chi connectivity index (χ4n) is 2.69. The molecular formula is C15H26ClN3O5S2. The highest BCUT2D eigenvalue weighted by molar-refractivity contribution is 7.92. The SMILES string of the molecule is CCS(=O)(=O)Nc1ccc(S(=O)(=O)N2CCNC(C)C2C)c(OC)c1.Cl. The third kappa shape index (κ3) is 4.80. The first-order chi connectivity index (χ1) is 11.6. The van der Waals surface area contributed by atoms with Gasteiger partial charge in [-0.05, 0) is 32.9 Å². The summed E-state index contributed by atoms with van der Waals surface area (Å²) < 4.78 is 58.5. The first kappa shape index (κ1) is 23.0. The van der Waals surface area contributed by atoms with Gasteiger partial charge in [-0.1, -0.05) is 0 Å². The first-order valence-corrected chi connectivity index (χ1v) is 11.2. The molecule has 2 atom stereocenters. The Hall–Kier alpha value is -1.07. The van der Waals surface area contributed by atoms with E-state index in [9.17, 15) is 16.8 Å². The van der Waals surface area contributed by atoms with E-state index in [4.69, 9.17) is 4.74 Å². The Bertz CT molecular complexity index is 830. The number of hydrogen-bond donors (Lipinski definition) is 2. The van der Waals surface area contributed by atoms with Gasteiger partial charge in [0, 0.05) is 31.2 Å². The zero-order valence-corrected chi connectivity index (χ0v) is 17.7. The smallest absolute Gasteiger partial charge is 0.247 e. The van der Waals surface area contributed by atoms with Crippen LogP contribution in [0.3, 0.4) is 0 Å². The number of sulfonamides is 2. The van der Waals surface area contributed by atoms with Crippen LogP contribution in [0.15, 0.2) is 23.1 Å². The van der Waals surface area contributed by atoms with Crippen molar-refractivity contribution < 1.29 is 21.6 Å². The number of nitrogens with zero attached hydrogens (tertiary/aromatic N) is 1. The molecule has 0 spiro atoms. The van der Waals surface area contributed by atoms with Gasteiger partial charge in [0.25, 0.3) is 0 Å². The standard InChI is InChI=1S/C15H25N3O5S2.ClH/c1-5-24(19,20)17-13-6-7-15(14(10-13)23-4)25(21,22)18-9-8-16-11(2)12(18)3;/h6-7,10-12,16-17H,5,8-9H2,1-4H3;1H. The van der Waals surface area contributed by atoms with Crippen LogP contribution in [0, 0.1) is 0 Å². The average molecular weight is 428 g/mol. The molecule has 8 nitrogen and oxygen atoms in total. The summed E-state index contributed by atoms with van der Waals surface area (Å²) in [4.78, 5) is 0.0235. The maximum atomic E-state index is 13.1. The summed E-state index contributed by atoms with van der Waals surface area (Å²) in [5.41, 5.74) is 0.263. The van der Waals surface area contributed by atoms with Crippen LogP contribution in [0.1, 0.15) is 20.8 Å². The van der Waals surface area contributed by atoms with Crippen molar-refractivity contribution in [3.8, 4) is 5.75 Å². The van der Waals surface area contributed by atoms with Gasteiger partial charge in [-0.15, -0.1) is 12.4 Å². The topological polar surface area (TPSA) is 105 Å². The van der Waals surface area contributed by atoms with Gasteiger partial charge in [0.2, 0.25) is 20.0 Å². The minimum atomic E-state index is -3.76. The summed E-state index contributed by atoms with van der Waals surface area (Å²) in [6.07, 6.45) is 0. The van der Waals surface area contributed by atoms with Crippen LogP contribution in [0.4, 0.5) is 5.69 Å². The molecule has 1 aliphatic heterocycles. The Morgan fingerprint density at radius 3 is 2.50 bits per heavy atom. The number of halogens is 1. The van der Waals surface area contributed by atoms with Crippen LogP contribution < -0.4 is 14.8 Å². The van der Waals surface area contributed by atoms with E-state index in [2.05, 4.69) is 10.0 Å². The summed E-state index contributed by atoms with van der Waals surface area (Å²) in [5.74, 6) is 0.0284. The van der Waals surface area contributed by atoms with Crippen LogP contribution in [0.5, 0.6) is 5.75 Å². The number of hydrogen-bond acceptors (Lipinski definition) is 6. The summed E-state index contributed by atoms with van der Waals surface area (Å²) in [6.45, 7) is 6.24. The Labute approximate surface area is 161 Å². The highest BCUT2D eigenvalue weighted by Gasteiger charge is 2.36. The summed E-state index contributed by atoms with van der Waals surface area (Å²) in [6, 6.07) is 4.02. The molecule has 0 radical (unpaired) electrons. The quantitative estimate of drug-likeness (QED) is 0.707. The Balaban J connectivity index is 0.00000338. The lowest BCUT2D eigenvalue weighted by atomic mass is 10.1. The van der Waals surface area contributed by atoms with Crippen LogP contribution in [-0.2, 0) is 20.0 Å². The molecule has 26 heavy (non-hydrogen) atoms. The minimum absolute atomic E-state index is 0. The van der Waals surface area contributed by atoms with Crippen molar-refractivity contribution in [2.24, 2.45) is 0 Å². The molecule has 11 heteroatoms. The molecule has 1 aliphatic rings. The molecule has 2 N–H and O–H groups in total. The van der Waals surface area contributed by atoms with Gasteiger partial charge < -0.3 is 10.1 Å². The third-order valence-corrected chi connectivity index (χ3v) is 7.71. The number of methoxy groups -OCH3 is 1. The third-order valence-electron chi connectivity index (χ3n) is 4.38. The molecular weight excluding hydrogens is 402 g/mol. The number of benzene rings is 1. The van der Waals surface area contributed by atoms with Gasteiger partial charge in [-0.25, -0.2) is 16.8 Å². The molecule has 1 heterocycles. The lowest BCUT2D eigenvalue weighted by molar-refractivity contribution is 0.232. The van der Waals surface area contributed by atoms with E-state index in [0.29, 0.717) is 13.1 Å². The average Bonchev–Trinajstić information content (AvgIpc) is 2.56. The van der Waals surface area contributed by atoms with Gasteiger partial charge in [0.05, 0.1) is 18.6 Å². The van der Waals surface area contributed by atoms with E-state index in [-0.39, 0.29) is 46.6 Å². The Morgan fingerprint density at radius 2 is 1.92 bits per heavy atom. The highest BCUT2D eigenvalue weighted by Crippen LogP contribution is 2.31. The maximum Gasteiger partial charge on any atom is 0.247 e. The number of anilines is 1. The molecule has 1 saturated heterocycles. The van der Waals surface area contributed by atoms with Crippen molar-refractivity contribution >= 4 is 38.1 Å². The second-order valence-electron chi connectivity index (χ2n) is 5.97. The summed E-state index contributed by atoms with van der Waals surface area (Å²) >= 11 is 0. The van der Waals surface area contributed by atoms with Crippen LogP contribution >= 0.6 is 12.4 Å². The molecule has 0 amide bonds. The Kier molecular flexibility index (Phi) is 7.73. The molecule has 2 unspecified atom stereocenters. The number of rotatable bonds is 6. The normalized spacial score (nSPS) is 21.7. The van der Waals surface area contributed by atoms with Crippen molar-refractivity contribution in [3.05, 3.63) is 18.2 Å². The predicted molar refractivity (Wildman–Crippen MR) is 104 cm³/mol. The second-order valence-corrected chi connectivity index (χ2v) is 9.84. The second kappa shape index (κ2) is 8.75. The van der Waals surface area contributed by atoms with Gasteiger partial charge in [-0.3, -0.25) is 4.72 Å². The maximum absolute atomic E-state index is 13.1. The number of nitrogens with one attached hydrogen (secondary N) is 2. The van der Waals surface area contributed by atoms with E-state index in [0.717, 1.165) is 0 Å². The molecule has 0 saturated carbocycles. The van der Waals surface area contributed by atoms with Crippen LogP contribution in [-0.4, -0.2) is 59.2 Å². The van der Waals surface area contributed by atoms with Crippen molar-refractivity contribution in [3.63, 3.8) is 0 Å². The predicted octanol–water partition coefficient (Wildman–Crippen LogP) is 1.25. The first-order valence-electron chi connectivity index (χ1n) is 8.06. The summed E-state index contributed by atoms with van der Waals surface area (Å²) in [5, 5.41) is 3.24. The Morgan fingerprint density at radius 1 is 1.27 bits per heavy atom. The van der Waals surface area contributed by atoms with E-state index in [1.807, 2.05) is 13.8 Å². The molecule has 0 aromatic heterocycles. The molecule has 0 aliphatic carbocycles. The number of ether oxygens (including phenoxy) is 1. The van der Waals surface area contributed by atoms with Crippen molar-refractivity contribution in [2.75, 3.05) is 30.7 Å². The van der Waals surface area contributed by atoms with Crippen LogP contribution in [0.2, 0.25) is 0 Å². The van der Waals surface area contributed by atoms with Gasteiger partial charge >= 0.3 is 0 Å².